The summed E-state index contributed by atoms with van der Waals surface area (Å²) in [4.78, 5) is 12.5. The monoisotopic (exact) mass is 264 g/mol. The number of carbonyl (C=O) groups excluding carboxylic acids is 1. The van der Waals surface area contributed by atoms with E-state index in [1.165, 1.54) is 0 Å². The van der Waals surface area contributed by atoms with Crippen LogP contribution in [0, 0.1) is 5.92 Å². The van der Waals surface area contributed by atoms with Crippen molar-refractivity contribution in [3.05, 3.63) is 23.8 Å². The molecule has 0 heterocycles. The molecular formula is C16H24O3. The van der Waals surface area contributed by atoms with E-state index in [-0.39, 0.29) is 11.7 Å². The van der Waals surface area contributed by atoms with Crippen molar-refractivity contribution in [2.45, 2.75) is 39.5 Å². The number of hydrogen-bond acceptors (Lipinski definition) is 3. The first-order chi connectivity index (χ1) is 9.17. The van der Waals surface area contributed by atoms with Gasteiger partial charge in [0.1, 0.15) is 11.5 Å². The number of carbonyl (C=O) groups is 1. The lowest BCUT2D eigenvalue weighted by Crippen LogP contribution is -2.15. The summed E-state index contributed by atoms with van der Waals surface area (Å²) >= 11 is 0. The van der Waals surface area contributed by atoms with Gasteiger partial charge in [-0.2, -0.15) is 0 Å². The van der Waals surface area contributed by atoms with Crippen LogP contribution in [0.2, 0.25) is 0 Å². The lowest BCUT2D eigenvalue weighted by atomic mass is 9.90. The Morgan fingerprint density at radius 3 is 2.47 bits per heavy atom. The Morgan fingerprint density at radius 2 is 1.95 bits per heavy atom. The van der Waals surface area contributed by atoms with E-state index in [0.29, 0.717) is 17.1 Å². The van der Waals surface area contributed by atoms with Gasteiger partial charge in [0.25, 0.3) is 0 Å². The molecule has 0 fully saturated rings. The number of unbranched alkanes of at least 4 members (excludes halogenated alkanes) is 1. The largest absolute Gasteiger partial charge is 0.497 e. The molecule has 0 aromatic heterocycles. The first-order valence-electron chi connectivity index (χ1n) is 6.94. The predicted octanol–water partition coefficient (Wildman–Crippen LogP) is 4.10. The van der Waals surface area contributed by atoms with E-state index in [0.717, 1.165) is 25.7 Å². The van der Waals surface area contributed by atoms with Crippen LogP contribution in [0.15, 0.2) is 18.2 Å². The Balaban J connectivity index is 2.96. The Labute approximate surface area is 115 Å². The average Bonchev–Trinajstić information content (AvgIpc) is 2.46. The summed E-state index contributed by atoms with van der Waals surface area (Å²) in [7, 11) is 3.19. The quantitative estimate of drug-likeness (QED) is 0.663. The fourth-order valence-electron chi connectivity index (χ4n) is 2.19. The summed E-state index contributed by atoms with van der Waals surface area (Å²) in [6, 6.07) is 5.37. The van der Waals surface area contributed by atoms with Gasteiger partial charge in [-0.15, -0.1) is 0 Å². The van der Waals surface area contributed by atoms with Crippen molar-refractivity contribution in [3.63, 3.8) is 0 Å². The molecule has 0 amide bonds. The molecule has 1 aromatic carbocycles. The summed E-state index contributed by atoms with van der Waals surface area (Å²) < 4.78 is 10.5. The van der Waals surface area contributed by atoms with Gasteiger partial charge >= 0.3 is 0 Å². The standard InChI is InChI=1S/C16H24O3/c1-5-7-8-12(6-2)16(17)14-10-9-13(18-3)11-15(14)19-4/h9-12H,5-8H2,1-4H3. The zero-order valence-electron chi connectivity index (χ0n) is 12.4. The van der Waals surface area contributed by atoms with Crippen LogP contribution in [-0.2, 0) is 0 Å². The molecule has 0 spiro atoms. The van der Waals surface area contributed by atoms with E-state index >= 15 is 0 Å². The maximum absolute atomic E-state index is 12.5. The normalized spacial score (nSPS) is 12.0. The number of hydrogen-bond donors (Lipinski definition) is 0. The van der Waals surface area contributed by atoms with Crippen molar-refractivity contribution in [3.8, 4) is 11.5 Å². The third-order valence-corrected chi connectivity index (χ3v) is 3.44. The minimum Gasteiger partial charge on any atom is -0.497 e. The average molecular weight is 264 g/mol. The fraction of sp³-hybridized carbons (Fsp3) is 0.562. The highest BCUT2D eigenvalue weighted by atomic mass is 16.5. The van der Waals surface area contributed by atoms with Crippen molar-refractivity contribution in [1.29, 1.82) is 0 Å². The number of rotatable bonds is 8. The van der Waals surface area contributed by atoms with Crippen molar-refractivity contribution in [1.82, 2.24) is 0 Å². The summed E-state index contributed by atoms with van der Waals surface area (Å²) in [6.07, 6.45) is 4.02. The van der Waals surface area contributed by atoms with Crippen LogP contribution in [0.25, 0.3) is 0 Å². The maximum atomic E-state index is 12.5. The van der Waals surface area contributed by atoms with Gasteiger partial charge in [0, 0.05) is 12.0 Å². The topological polar surface area (TPSA) is 35.5 Å². The maximum Gasteiger partial charge on any atom is 0.169 e. The molecule has 1 atom stereocenters. The second-order valence-corrected chi connectivity index (χ2v) is 4.68. The minimum absolute atomic E-state index is 0.0854. The highest BCUT2D eigenvalue weighted by Gasteiger charge is 2.21. The molecule has 3 nitrogen and oxygen atoms in total. The molecule has 0 N–H and O–H groups in total. The zero-order chi connectivity index (χ0) is 14.3. The molecular weight excluding hydrogens is 240 g/mol. The van der Waals surface area contributed by atoms with E-state index in [9.17, 15) is 4.79 Å². The molecule has 1 unspecified atom stereocenters. The van der Waals surface area contributed by atoms with E-state index < -0.39 is 0 Å². The molecule has 0 radical (unpaired) electrons. The molecule has 0 bridgehead atoms. The van der Waals surface area contributed by atoms with Crippen LogP contribution in [0.4, 0.5) is 0 Å². The first kappa shape index (κ1) is 15.5. The molecule has 19 heavy (non-hydrogen) atoms. The Hall–Kier alpha value is -1.51. The Bertz CT molecular complexity index is 412. The zero-order valence-corrected chi connectivity index (χ0v) is 12.4. The van der Waals surface area contributed by atoms with Crippen LogP contribution >= 0.6 is 0 Å². The van der Waals surface area contributed by atoms with Crippen LogP contribution < -0.4 is 9.47 Å². The van der Waals surface area contributed by atoms with Crippen molar-refractivity contribution in [2.24, 2.45) is 5.92 Å². The molecule has 1 aromatic rings. The number of methoxy groups -OCH3 is 2. The molecule has 3 heteroatoms. The van der Waals surface area contributed by atoms with Gasteiger partial charge in [-0.25, -0.2) is 0 Å². The second kappa shape index (κ2) is 7.82. The minimum atomic E-state index is 0.0854. The highest BCUT2D eigenvalue weighted by Crippen LogP contribution is 2.28. The van der Waals surface area contributed by atoms with Gasteiger partial charge in [0.15, 0.2) is 5.78 Å². The van der Waals surface area contributed by atoms with E-state index in [1.807, 2.05) is 6.07 Å². The molecule has 0 saturated heterocycles. The fourth-order valence-corrected chi connectivity index (χ4v) is 2.19. The van der Waals surface area contributed by atoms with Gasteiger partial charge in [-0.3, -0.25) is 4.79 Å². The number of ketones is 1. The molecule has 1 rings (SSSR count). The first-order valence-corrected chi connectivity index (χ1v) is 6.94. The lowest BCUT2D eigenvalue weighted by molar-refractivity contribution is 0.0905. The summed E-state index contributed by atoms with van der Waals surface area (Å²) in [6.45, 7) is 4.21. The van der Waals surface area contributed by atoms with E-state index in [1.54, 1.807) is 26.4 Å². The lowest BCUT2D eigenvalue weighted by Gasteiger charge is -2.16. The van der Waals surface area contributed by atoms with Crippen LogP contribution in [-0.4, -0.2) is 20.0 Å². The molecule has 0 aliphatic carbocycles. The molecule has 0 aliphatic heterocycles. The Kier molecular flexibility index (Phi) is 6.40. The van der Waals surface area contributed by atoms with Gasteiger partial charge in [0.05, 0.1) is 19.8 Å². The summed E-state index contributed by atoms with van der Waals surface area (Å²) in [5.74, 6) is 1.56. The molecule has 0 saturated carbocycles. The smallest absolute Gasteiger partial charge is 0.169 e. The van der Waals surface area contributed by atoms with Crippen LogP contribution in [0.5, 0.6) is 11.5 Å². The van der Waals surface area contributed by atoms with E-state index in [4.69, 9.17) is 9.47 Å². The SMILES string of the molecule is CCCCC(CC)C(=O)c1ccc(OC)cc1OC. The number of Topliss-reactive ketones (excluding diaryl/α,β-unsaturated/α-hetero) is 1. The van der Waals surface area contributed by atoms with Crippen molar-refractivity contribution in [2.75, 3.05) is 14.2 Å². The van der Waals surface area contributed by atoms with Crippen molar-refractivity contribution < 1.29 is 14.3 Å². The molecule has 106 valence electrons. The predicted molar refractivity (Wildman–Crippen MR) is 77.2 cm³/mol. The molecule has 0 aliphatic rings. The summed E-state index contributed by atoms with van der Waals surface area (Å²) in [5.41, 5.74) is 0.659. The van der Waals surface area contributed by atoms with Crippen molar-refractivity contribution >= 4 is 5.78 Å². The second-order valence-electron chi connectivity index (χ2n) is 4.68. The van der Waals surface area contributed by atoms with E-state index in [2.05, 4.69) is 13.8 Å². The van der Waals surface area contributed by atoms with Crippen LogP contribution in [0.3, 0.4) is 0 Å². The number of ether oxygens (including phenoxy) is 2. The summed E-state index contributed by atoms with van der Waals surface area (Å²) in [5, 5.41) is 0. The third kappa shape index (κ3) is 3.98. The van der Waals surface area contributed by atoms with Gasteiger partial charge in [-0.05, 0) is 25.0 Å². The number of benzene rings is 1. The van der Waals surface area contributed by atoms with Gasteiger partial charge < -0.3 is 9.47 Å². The Morgan fingerprint density at radius 1 is 1.21 bits per heavy atom. The van der Waals surface area contributed by atoms with Gasteiger partial charge in [-0.1, -0.05) is 26.7 Å². The van der Waals surface area contributed by atoms with Gasteiger partial charge in [0.2, 0.25) is 0 Å². The highest BCUT2D eigenvalue weighted by molar-refractivity contribution is 6.00. The van der Waals surface area contributed by atoms with Crippen LogP contribution in [0.1, 0.15) is 49.9 Å². The third-order valence-electron chi connectivity index (χ3n) is 3.44.